The average molecular weight is 341 g/mol. The van der Waals surface area contributed by atoms with E-state index in [0.717, 1.165) is 17.0 Å². The monoisotopic (exact) mass is 341 g/mol. The lowest BCUT2D eigenvalue weighted by atomic mass is 10.1. The van der Waals surface area contributed by atoms with Gasteiger partial charge in [0.2, 0.25) is 12.7 Å². The number of amides is 1. The molecule has 2 atom stereocenters. The fourth-order valence-electron chi connectivity index (χ4n) is 2.76. The van der Waals surface area contributed by atoms with Crippen molar-refractivity contribution in [2.75, 3.05) is 12.1 Å². The van der Waals surface area contributed by atoms with Crippen LogP contribution in [0.25, 0.3) is 0 Å². The van der Waals surface area contributed by atoms with Gasteiger partial charge in [-0.3, -0.25) is 4.79 Å². The smallest absolute Gasteiger partial charge is 0.242 e. The van der Waals surface area contributed by atoms with Crippen molar-refractivity contribution >= 4 is 11.6 Å². The van der Waals surface area contributed by atoms with Gasteiger partial charge in [-0.1, -0.05) is 24.3 Å². The predicted octanol–water partition coefficient (Wildman–Crippen LogP) is 0.451. The molecule has 2 unspecified atom stereocenters. The Kier molecular flexibility index (Phi) is 4.38. The normalized spacial score (nSPS) is 21.1. The van der Waals surface area contributed by atoms with E-state index < -0.39 is 6.04 Å². The van der Waals surface area contributed by atoms with Crippen LogP contribution in [-0.2, 0) is 11.3 Å². The Morgan fingerprint density at radius 2 is 1.92 bits per heavy atom. The van der Waals surface area contributed by atoms with Crippen molar-refractivity contribution < 1.29 is 14.3 Å². The molecule has 0 bridgehead atoms. The van der Waals surface area contributed by atoms with Crippen LogP contribution in [0.4, 0.5) is 5.69 Å². The molecule has 25 heavy (non-hydrogen) atoms. The number of nitrogens with one attached hydrogen (secondary N) is 5. The van der Waals surface area contributed by atoms with Crippen molar-refractivity contribution in [2.45, 2.75) is 18.8 Å². The van der Waals surface area contributed by atoms with E-state index in [2.05, 4.69) is 27.0 Å². The molecule has 0 aliphatic carbocycles. The van der Waals surface area contributed by atoms with E-state index in [1.165, 1.54) is 0 Å². The van der Waals surface area contributed by atoms with Gasteiger partial charge in [0.15, 0.2) is 11.5 Å². The largest absolute Gasteiger partial charge is 0.454 e. The van der Waals surface area contributed by atoms with Crippen LogP contribution in [-0.4, -0.2) is 24.9 Å². The number of fused-ring (bicyclic) bond motifs is 1. The molecular formula is C17H19N5O3. The number of para-hydroxylation sites is 1. The molecule has 4 rings (SSSR count). The molecule has 2 aliphatic rings. The fourth-order valence-corrected chi connectivity index (χ4v) is 2.76. The van der Waals surface area contributed by atoms with E-state index in [0.29, 0.717) is 12.3 Å². The number of hydrogen-bond donors (Lipinski definition) is 5. The summed E-state index contributed by atoms with van der Waals surface area (Å²) in [6.07, 6.45) is -0.279. The zero-order valence-electron chi connectivity index (χ0n) is 13.4. The minimum absolute atomic E-state index is 0.122. The van der Waals surface area contributed by atoms with Crippen LogP contribution in [0.2, 0.25) is 0 Å². The van der Waals surface area contributed by atoms with Crippen LogP contribution < -0.4 is 36.5 Å². The minimum atomic E-state index is -0.464. The molecule has 8 heteroatoms. The second-order valence-electron chi connectivity index (χ2n) is 5.78. The number of rotatable bonds is 5. The maximum Gasteiger partial charge on any atom is 0.242 e. The minimum Gasteiger partial charge on any atom is -0.454 e. The van der Waals surface area contributed by atoms with Crippen LogP contribution in [0, 0.1) is 0 Å². The second kappa shape index (κ2) is 6.98. The summed E-state index contributed by atoms with van der Waals surface area (Å²) in [5.74, 6) is 1.31. The Bertz CT molecular complexity index is 755. The summed E-state index contributed by atoms with van der Waals surface area (Å²) in [6.45, 7) is 0.646. The Hall–Kier alpha value is -2.81. The third-order valence-electron chi connectivity index (χ3n) is 4.07. The number of ether oxygens (including phenoxy) is 2. The maximum atomic E-state index is 12.5. The van der Waals surface area contributed by atoms with Crippen molar-refractivity contribution in [3.8, 4) is 11.5 Å². The molecule has 0 radical (unpaired) electrons. The van der Waals surface area contributed by atoms with E-state index >= 15 is 0 Å². The van der Waals surface area contributed by atoms with E-state index in [1.54, 1.807) is 0 Å². The van der Waals surface area contributed by atoms with E-state index in [-0.39, 0.29) is 18.9 Å². The quantitative estimate of drug-likeness (QED) is 0.539. The highest BCUT2D eigenvalue weighted by molar-refractivity contribution is 5.83. The Morgan fingerprint density at radius 1 is 1.08 bits per heavy atom. The lowest BCUT2D eigenvalue weighted by Crippen LogP contribution is -2.50. The molecule has 0 aromatic heterocycles. The number of benzene rings is 2. The van der Waals surface area contributed by atoms with Gasteiger partial charge in [-0.05, 0) is 29.8 Å². The molecule has 0 saturated carbocycles. The molecule has 8 nitrogen and oxygen atoms in total. The van der Waals surface area contributed by atoms with Crippen molar-refractivity contribution in [1.29, 1.82) is 0 Å². The molecule has 1 amide bonds. The van der Waals surface area contributed by atoms with Gasteiger partial charge in [0.05, 0.1) is 0 Å². The zero-order valence-corrected chi connectivity index (χ0v) is 13.4. The topological polar surface area (TPSA) is 95.7 Å². The van der Waals surface area contributed by atoms with Gasteiger partial charge in [-0.15, -0.1) is 0 Å². The average Bonchev–Trinajstić information content (AvgIpc) is 3.29. The van der Waals surface area contributed by atoms with Crippen molar-refractivity contribution in [3.63, 3.8) is 0 Å². The molecule has 130 valence electrons. The molecule has 2 aromatic carbocycles. The van der Waals surface area contributed by atoms with E-state index in [4.69, 9.17) is 9.47 Å². The summed E-state index contributed by atoms with van der Waals surface area (Å²) < 4.78 is 10.6. The standard InChI is InChI=1S/C17H19N5O3/c23-17(18-9-11-6-7-13-14(8-11)25-10-24-13)15-16(21-22-20-15)19-12-4-2-1-3-5-12/h1-8,15-16,19-22H,9-10H2,(H,18,23). The summed E-state index contributed by atoms with van der Waals surface area (Å²) in [7, 11) is 0. The summed E-state index contributed by atoms with van der Waals surface area (Å²) in [6, 6.07) is 14.9. The lowest BCUT2D eigenvalue weighted by Gasteiger charge is -2.20. The summed E-state index contributed by atoms with van der Waals surface area (Å²) in [4.78, 5) is 12.5. The van der Waals surface area contributed by atoms with Crippen LogP contribution in [0.3, 0.4) is 0 Å². The number of hydrogen-bond acceptors (Lipinski definition) is 7. The molecule has 0 spiro atoms. The van der Waals surface area contributed by atoms with Gasteiger partial charge in [0.25, 0.3) is 0 Å². The predicted molar refractivity (Wildman–Crippen MR) is 91.5 cm³/mol. The van der Waals surface area contributed by atoms with Gasteiger partial charge < -0.3 is 20.1 Å². The first-order valence-corrected chi connectivity index (χ1v) is 8.03. The van der Waals surface area contributed by atoms with Gasteiger partial charge in [-0.25, -0.2) is 10.9 Å². The molecule has 2 aliphatic heterocycles. The van der Waals surface area contributed by atoms with Gasteiger partial charge in [-0.2, -0.15) is 5.53 Å². The van der Waals surface area contributed by atoms with Crippen molar-refractivity contribution in [3.05, 3.63) is 54.1 Å². The van der Waals surface area contributed by atoms with Gasteiger partial charge >= 0.3 is 0 Å². The molecule has 1 saturated heterocycles. The fraction of sp³-hybridized carbons (Fsp3) is 0.235. The SMILES string of the molecule is O=C(NCc1ccc2c(c1)OCO2)C1NNNC1Nc1ccccc1. The summed E-state index contributed by atoms with van der Waals surface area (Å²) in [5.41, 5.74) is 10.6. The third-order valence-corrected chi connectivity index (χ3v) is 4.07. The highest BCUT2D eigenvalue weighted by Gasteiger charge is 2.32. The van der Waals surface area contributed by atoms with E-state index in [1.807, 2.05) is 48.5 Å². The first-order chi connectivity index (χ1) is 12.3. The first-order valence-electron chi connectivity index (χ1n) is 8.03. The zero-order chi connectivity index (χ0) is 17.1. The van der Waals surface area contributed by atoms with Crippen LogP contribution in [0.15, 0.2) is 48.5 Å². The molecule has 2 heterocycles. The molecule has 2 aromatic rings. The van der Waals surface area contributed by atoms with Gasteiger partial charge in [0.1, 0.15) is 12.2 Å². The van der Waals surface area contributed by atoms with Crippen LogP contribution in [0.5, 0.6) is 11.5 Å². The summed E-state index contributed by atoms with van der Waals surface area (Å²) in [5, 5.41) is 6.20. The van der Waals surface area contributed by atoms with Gasteiger partial charge in [0, 0.05) is 12.2 Å². The van der Waals surface area contributed by atoms with Crippen LogP contribution in [0.1, 0.15) is 5.56 Å². The Labute approximate surface area is 144 Å². The number of hydrazine groups is 2. The highest BCUT2D eigenvalue weighted by atomic mass is 16.7. The second-order valence-corrected chi connectivity index (χ2v) is 5.78. The molecule has 5 N–H and O–H groups in total. The maximum absolute atomic E-state index is 12.5. The third kappa shape index (κ3) is 3.50. The Morgan fingerprint density at radius 3 is 2.80 bits per heavy atom. The molecule has 1 fully saturated rings. The first kappa shape index (κ1) is 15.7. The summed E-state index contributed by atoms with van der Waals surface area (Å²) >= 11 is 0. The lowest BCUT2D eigenvalue weighted by molar-refractivity contribution is -0.123. The molecular weight excluding hydrogens is 322 g/mol. The Balaban J connectivity index is 1.35. The van der Waals surface area contributed by atoms with E-state index in [9.17, 15) is 4.79 Å². The van der Waals surface area contributed by atoms with Crippen molar-refractivity contribution in [2.24, 2.45) is 0 Å². The number of carbonyl (C=O) groups excluding carboxylic acids is 1. The van der Waals surface area contributed by atoms with Crippen molar-refractivity contribution in [1.82, 2.24) is 21.7 Å². The number of carbonyl (C=O) groups is 1. The van der Waals surface area contributed by atoms with Crippen LogP contribution >= 0.6 is 0 Å². The number of anilines is 1. The highest BCUT2D eigenvalue weighted by Crippen LogP contribution is 2.32.